The number of halogens is 1. The molecule has 0 spiro atoms. The van der Waals surface area contributed by atoms with Crippen molar-refractivity contribution in [2.45, 2.75) is 57.7 Å². The maximum atomic E-state index is 12.5. The Morgan fingerprint density at radius 1 is 1.17 bits per heavy atom. The molecule has 162 valence electrons. The molecular formula is C24H32ClNO3Si. The van der Waals surface area contributed by atoms with E-state index in [-0.39, 0.29) is 11.6 Å². The second kappa shape index (κ2) is 10.3. The van der Waals surface area contributed by atoms with Crippen molar-refractivity contribution in [3.8, 4) is 0 Å². The van der Waals surface area contributed by atoms with E-state index >= 15 is 0 Å². The molecule has 0 aliphatic heterocycles. The number of ether oxygens (including phenoxy) is 1. The van der Waals surface area contributed by atoms with Crippen molar-refractivity contribution in [1.29, 1.82) is 0 Å². The van der Waals surface area contributed by atoms with Gasteiger partial charge in [-0.1, -0.05) is 80.9 Å². The fourth-order valence-corrected chi connectivity index (χ4v) is 4.16. The average molecular weight is 446 g/mol. The summed E-state index contributed by atoms with van der Waals surface area (Å²) in [6, 6.07) is 16.6. The Labute approximate surface area is 186 Å². The first-order valence-corrected chi connectivity index (χ1v) is 13.3. The first kappa shape index (κ1) is 24.2. The zero-order valence-corrected chi connectivity index (χ0v) is 20.2. The monoisotopic (exact) mass is 445 g/mol. The molecule has 0 saturated heterocycles. The Balaban J connectivity index is 2.21. The quantitative estimate of drug-likeness (QED) is 0.355. The Hall–Kier alpha value is -2.08. The van der Waals surface area contributed by atoms with Crippen LogP contribution in [0.1, 0.15) is 38.0 Å². The number of nitrogens with one attached hydrogen (secondary N) is 1. The molecule has 2 atom stereocenters. The van der Waals surface area contributed by atoms with Crippen molar-refractivity contribution in [3.63, 3.8) is 0 Å². The van der Waals surface area contributed by atoms with Crippen LogP contribution in [0.2, 0.25) is 23.2 Å². The van der Waals surface area contributed by atoms with Crippen LogP contribution in [0, 0.1) is 0 Å². The highest BCUT2D eigenvalue weighted by Crippen LogP contribution is 2.41. The number of hydrogen-bond acceptors (Lipinski definition) is 3. The van der Waals surface area contributed by atoms with Gasteiger partial charge >= 0.3 is 6.09 Å². The van der Waals surface area contributed by atoms with Gasteiger partial charge in [0.05, 0.1) is 12.1 Å². The molecule has 0 radical (unpaired) electrons. The van der Waals surface area contributed by atoms with E-state index in [4.69, 9.17) is 20.8 Å². The summed E-state index contributed by atoms with van der Waals surface area (Å²) in [5.41, 5.74) is 1.81. The van der Waals surface area contributed by atoms with E-state index < -0.39 is 26.6 Å². The van der Waals surface area contributed by atoms with Crippen LogP contribution in [-0.2, 0) is 15.8 Å². The SMILES string of the molecule is C=CC(NC(=O)OCc1ccccc1)[C@@H](O[Si](C)(C)C(C)(C)C)c1cccc(Cl)c1. The van der Waals surface area contributed by atoms with Gasteiger partial charge in [-0.2, -0.15) is 0 Å². The highest BCUT2D eigenvalue weighted by atomic mass is 35.5. The summed E-state index contributed by atoms with van der Waals surface area (Å²) in [6.07, 6.45) is 0.739. The fraction of sp³-hybridized carbons (Fsp3) is 0.375. The largest absolute Gasteiger partial charge is 0.445 e. The first-order valence-electron chi connectivity index (χ1n) is 10.1. The number of carbonyl (C=O) groups is 1. The normalized spacial score (nSPS) is 13.9. The van der Waals surface area contributed by atoms with Crippen LogP contribution >= 0.6 is 11.6 Å². The van der Waals surface area contributed by atoms with E-state index in [1.165, 1.54) is 0 Å². The molecule has 0 aromatic heterocycles. The second-order valence-corrected chi connectivity index (χ2v) is 14.0. The molecule has 2 rings (SSSR count). The van der Waals surface area contributed by atoms with E-state index in [1.807, 2.05) is 54.6 Å². The van der Waals surface area contributed by atoms with Gasteiger partial charge < -0.3 is 14.5 Å². The van der Waals surface area contributed by atoms with Gasteiger partial charge in [0.25, 0.3) is 0 Å². The highest BCUT2D eigenvalue weighted by Gasteiger charge is 2.41. The van der Waals surface area contributed by atoms with Crippen LogP contribution in [0.3, 0.4) is 0 Å². The van der Waals surface area contributed by atoms with Crippen molar-refractivity contribution in [1.82, 2.24) is 5.32 Å². The third-order valence-electron chi connectivity index (χ3n) is 5.48. The van der Waals surface area contributed by atoms with Gasteiger partial charge in [-0.25, -0.2) is 4.79 Å². The van der Waals surface area contributed by atoms with Crippen molar-refractivity contribution in [3.05, 3.63) is 83.4 Å². The smallest absolute Gasteiger partial charge is 0.408 e. The predicted octanol–water partition coefficient (Wildman–Crippen LogP) is 6.88. The molecule has 0 fully saturated rings. The lowest BCUT2D eigenvalue weighted by Crippen LogP contribution is -2.47. The highest BCUT2D eigenvalue weighted by molar-refractivity contribution is 6.74. The number of hydrogen-bond donors (Lipinski definition) is 1. The number of rotatable bonds is 8. The third-order valence-corrected chi connectivity index (χ3v) is 10.2. The van der Waals surface area contributed by atoms with E-state index in [0.717, 1.165) is 11.1 Å². The Bertz CT molecular complexity index is 849. The van der Waals surface area contributed by atoms with Crippen molar-refractivity contribution in [2.75, 3.05) is 0 Å². The molecule has 4 nitrogen and oxygen atoms in total. The Morgan fingerprint density at radius 2 is 1.83 bits per heavy atom. The standard InChI is InChI=1S/C24H32ClNO3Si/c1-7-21(26-23(27)28-17-18-12-9-8-10-13-18)22(19-14-11-15-20(25)16-19)29-30(5,6)24(2,3)4/h7-16,21-22H,1,17H2,2-6H3,(H,26,27)/t21?,22-/m0/s1. The number of benzene rings is 2. The van der Waals surface area contributed by atoms with Gasteiger partial charge in [-0.05, 0) is 41.4 Å². The van der Waals surface area contributed by atoms with Gasteiger partial charge in [0.1, 0.15) is 6.61 Å². The van der Waals surface area contributed by atoms with E-state index in [2.05, 4.69) is 45.8 Å². The summed E-state index contributed by atoms with van der Waals surface area (Å²) < 4.78 is 12.1. The minimum absolute atomic E-state index is 0.00334. The van der Waals surface area contributed by atoms with Crippen molar-refractivity contribution >= 4 is 26.0 Å². The van der Waals surface area contributed by atoms with Crippen LogP contribution < -0.4 is 5.32 Å². The summed E-state index contributed by atoms with van der Waals surface area (Å²) in [5.74, 6) is 0. The fourth-order valence-electron chi connectivity index (χ4n) is 2.69. The second-order valence-electron chi connectivity index (χ2n) is 8.82. The maximum Gasteiger partial charge on any atom is 0.408 e. The lowest BCUT2D eigenvalue weighted by atomic mass is 10.0. The molecule has 1 unspecified atom stereocenters. The van der Waals surface area contributed by atoms with Crippen LogP contribution in [0.15, 0.2) is 67.3 Å². The van der Waals surface area contributed by atoms with E-state index in [1.54, 1.807) is 6.08 Å². The number of amides is 1. The molecule has 2 aromatic carbocycles. The molecule has 0 aliphatic rings. The third kappa shape index (κ3) is 6.72. The molecule has 0 saturated carbocycles. The summed E-state index contributed by atoms with van der Waals surface area (Å²) in [4.78, 5) is 12.5. The molecule has 30 heavy (non-hydrogen) atoms. The van der Waals surface area contributed by atoms with Crippen molar-refractivity contribution < 1.29 is 14.0 Å². The molecular weight excluding hydrogens is 414 g/mol. The maximum absolute atomic E-state index is 12.5. The number of carbonyl (C=O) groups excluding carboxylic acids is 1. The van der Waals surface area contributed by atoms with Gasteiger partial charge in [-0.3, -0.25) is 0 Å². The summed E-state index contributed by atoms with van der Waals surface area (Å²) in [5, 5.41) is 3.52. The van der Waals surface area contributed by atoms with Crippen LogP contribution in [0.25, 0.3) is 0 Å². The Kier molecular flexibility index (Phi) is 8.30. The molecule has 0 bridgehead atoms. The van der Waals surface area contributed by atoms with Crippen LogP contribution in [0.5, 0.6) is 0 Å². The van der Waals surface area contributed by atoms with E-state index in [0.29, 0.717) is 5.02 Å². The van der Waals surface area contributed by atoms with Crippen LogP contribution in [-0.4, -0.2) is 20.5 Å². The van der Waals surface area contributed by atoms with E-state index in [9.17, 15) is 4.79 Å². The zero-order chi connectivity index (χ0) is 22.4. The summed E-state index contributed by atoms with van der Waals surface area (Å²) in [6.45, 7) is 15.0. The summed E-state index contributed by atoms with van der Waals surface area (Å²) in [7, 11) is -2.15. The van der Waals surface area contributed by atoms with Gasteiger partial charge in [-0.15, -0.1) is 6.58 Å². The van der Waals surface area contributed by atoms with Gasteiger partial charge in [0.15, 0.2) is 8.32 Å². The molecule has 0 heterocycles. The lowest BCUT2D eigenvalue weighted by Gasteiger charge is -2.41. The van der Waals surface area contributed by atoms with Gasteiger partial charge in [0.2, 0.25) is 0 Å². The number of alkyl carbamates (subject to hydrolysis) is 1. The topological polar surface area (TPSA) is 47.6 Å². The average Bonchev–Trinajstić information content (AvgIpc) is 2.69. The molecule has 0 aliphatic carbocycles. The first-order chi connectivity index (χ1) is 14.0. The minimum atomic E-state index is -2.15. The van der Waals surface area contributed by atoms with Crippen molar-refractivity contribution in [2.24, 2.45) is 0 Å². The minimum Gasteiger partial charge on any atom is -0.445 e. The zero-order valence-electron chi connectivity index (χ0n) is 18.4. The van der Waals surface area contributed by atoms with Gasteiger partial charge in [0, 0.05) is 5.02 Å². The molecule has 1 N–H and O–H groups in total. The molecule has 2 aromatic rings. The van der Waals surface area contributed by atoms with Crippen LogP contribution in [0.4, 0.5) is 4.79 Å². The summed E-state index contributed by atoms with van der Waals surface area (Å²) >= 11 is 6.24. The predicted molar refractivity (Wildman–Crippen MR) is 126 cm³/mol. The lowest BCUT2D eigenvalue weighted by molar-refractivity contribution is 0.116. The molecule has 1 amide bonds. The Morgan fingerprint density at radius 3 is 2.40 bits per heavy atom. The molecule has 6 heteroatoms.